The molecule has 26 heavy (non-hydrogen) atoms. The molecular weight excluding hydrogens is 353 g/mol. The van der Waals surface area contributed by atoms with Gasteiger partial charge < -0.3 is 20.0 Å². The standard InChI is InChI=1S/C16H27F3N4O3/c1-13(24)21-7-3-5-20-6-10-23(15(26)16(17,18)19)9-4-8-22(12-11-21)14(2)25/h20H,3-12H2,1-2H3. The molecule has 150 valence electrons. The Labute approximate surface area is 151 Å². The van der Waals surface area contributed by atoms with Crippen molar-refractivity contribution in [2.24, 2.45) is 0 Å². The predicted molar refractivity (Wildman–Crippen MR) is 89.2 cm³/mol. The van der Waals surface area contributed by atoms with E-state index in [1.807, 2.05) is 0 Å². The summed E-state index contributed by atoms with van der Waals surface area (Å²) in [6, 6.07) is 0. The fourth-order valence-electron chi connectivity index (χ4n) is 2.78. The molecule has 1 fully saturated rings. The number of carbonyl (C=O) groups excluding carboxylic acids is 3. The Morgan fingerprint density at radius 3 is 1.73 bits per heavy atom. The second kappa shape index (κ2) is 10.3. The zero-order chi connectivity index (χ0) is 19.7. The van der Waals surface area contributed by atoms with Crippen LogP contribution in [-0.4, -0.2) is 91.0 Å². The molecule has 0 aliphatic carbocycles. The van der Waals surface area contributed by atoms with E-state index in [9.17, 15) is 27.6 Å². The molecule has 0 aromatic heterocycles. The number of hydrogen-bond donors (Lipinski definition) is 1. The highest BCUT2D eigenvalue weighted by atomic mass is 19.4. The molecule has 0 atom stereocenters. The first-order valence-corrected chi connectivity index (χ1v) is 8.70. The molecule has 0 unspecified atom stereocenters. The van der Waals surface area contributed by atoms with Gasteiger partial charge >= 0.3 is 12.1 Å². The minimum atomic E-state index is -4.91. The lowest BCUT2D eigenvalue weighted by Gasteiger charge is -2.29. The SMILES string of the molecule is CC(=O)N1CCCNCCN(C(=O)C(F)(F)F)CCCN(C(C)=O)CC1. The quantitative estimate of drug-likeness (QED) is 0.663. The van der Waals surface area contributed by atoms with Crippen LogP contribution < -0.4 is 5.32 Å². The van der Waals surface area contributed by atoms with Gasteiger partial charge in [0.15, 0.2) is 0 Å². The van der Waals surface area contributed by atoms with E-state index in [1.165, 1.54) is 18.7 Å². The van der Waals surface area contributed by atoms with Crippen molar-refractivity contribution in [1.29, 1.82) is 0 Å². The molecule has 1 aliphatic heterocycles. The Bertz CT molecular complexity index is 500. The van der Waals surface area contributed by atoms with Gasteiger partial charge in [-0.3, -0.25) is 14.4 Å². The van der Waals surface area contributed by atoms with Crippen molar-refractivity contribution in [3.05, 3.63) is 0 Å². The lowest BCUT2D eigenvalue weighted by atomic mass is 10.3. The summed E-state index contributed by atoms with van der Waals surface area (Å²) in [4.78, 5) is 38.9. The maximum atomic E-state index is 12.7. The van der Waals surface area contributed by atoms with Gasteiger partial charge in [-0.25, -0.2) is 0 Å². The Kier molecular flexibility index (Phi) is 8.83. The lowest BCUT2D eigenvalue weighted by Crippen LogP contribution is -2.46. The molecule has 3 amide bonds. The Morgan fingerprint density at radius 2 is 1.23 bits per heavy atom. The first kappa shape index (κ1) is 22.2. The minimum Gasteiger partial charge on any atom is -0.341 e. The summed E-state index contributed by atoms with van der Waals surface area (Å²) in [5.74, 6) is -2.15. The first-order valence-electron chi connectivity index (χ1n) is 8.70. The molecule has 0 aromatic carbocycles. The maximum Gasteiger partial charge on any atom is 0.471 e. The summed E-state index contributed by atoms with van der Waals surface area (Å²) in [5.41, 5.74) is 0. The van der Waals surface area contributed by atoms with Crippen LogP contribution >= 0.6 is 0 Å². The molecule has 7 nitrogen and oxygen atoms in total. The van der Waals surface area contributed by atoms with Gasteiger partial charge in [-0.15, -0.1) is 0 Å². The number of nitrogens with zero attached hydrogens (tertiary/aromatic N) is 3. The monoisotopic (exact) mass is 380 g/mol. The fourth-order valence-corrected chi connectivity index (χ4v) is 2.78. The summed E-state index contributed by atoms with van der Waals surface area (Å²) in [6.07, 6.45) is -4.04. The minimum absolute atomic E-state index is 0.0607. The second-order valence-corrected chi connectivity index (χ2v) is 6.26. The van der Waals surface area contributed by atoms with Crippen molar-refractivity contribution < 1.29 is 27.6 Å². The average molecular weight is 380 g/mol. The van der Waals surface area contributed by atoms with E-state index in [0.29, 0.717) is 32.6 Å². The van der Waals surface area contributed by atoms with Crippen LogP contribution in [0, 0.1) is 0 Å². The van der Waals surface area contributed by atoms with Crippen molar-refractivity contribution in [1.82, 2.24) is 20.0 Å². The largest absolute Gasteiger partial charge is 0.471 e. The Hall–Kier alpha value is -1.84. The number of carbonyl (C=O) groups is 3. The van der Waals surface area contributed by atoms with Gasteiger partial charge in [-0.2, -0.15) is 13.2 Å². The van der Waals surface area contributed by atoms with Crippen molar-refractivity contribution in [3.8, 4) is 0 Å². The van der Waals surface area contributed by atoms with Gasteiger partial charge in [0.2, 0.25) is 11.8 Å². The van der Waals surface area contributed by atoms with Crippen molar-refractivity contribution in [2.75, 3.05) is 52.4 Å². The van der Waals surface area contributed by atoms with Crippen LogP contribution in [0.4, 0.5) is 13.2 Å². The molecule has 1 rings (SSSR count). The predicted octanol–water partition coefficient (Wildman–Crippen LogP) is 0.458. The zero-order valence-corrected chi connectivity index (χ0v) is 15.3. The van der Waals surface area contributed by atoms with E-state index in [0.717, 1.165) is 4.90 Å². The molecule has 0 bridgehead atoms. The first-order chi connectivity index (χ1) is 12.1. The topological polar surface area (TPSA) is 73.0 Å². The third-order valence-corrected chi connectivity index (χ3v) is 4.26. The average Bonchev–Trinajstić information content (AvgIpc) is 2.54. The van der Waals surface area contributed by atoms with E-state index >= 15 is 0 Å². The third kappa shape index (κ3) is 7.59. The fraction of sp³-hybridized carbons (Fsp3) is 0.812. The highest BCUT2D eigenvalue weighted by molar-refractivity contribution is 5.81. The Morgan fingerprint density at radius 1 is 0.731 bits per heavy atom. The van der Waals surface area contributed by atoms with Gasteiger partial charge in [0.25, 0.3) is 0 Å². The molecule has 1 aliphatic rings. The maximum absolute atomic E-state index is 12.7. The summed E-state index contributed by atoms with van der Waals surface area (Å²) in [5, 5.41) is 3.00. The van der Waals surface area contributed by atoms with E-state index < -0.39 is 12.1 Å². The molecule has 0 saturated carbocycles. The summed E-state index contributed by atoms with van der Waals surface area (Å²) in [7, 11) is 0. The van der Waals surface area contributed by atoms with Gasteiger partial charge in [0, 0.05) is 59.7 Å². The summed E-state index contributed by atoms with van der Waals surface area (Å²) in [6.45, 7) is 4.88. The van der Waals surface area contributed by atoms with E-state index in [4.69, 9.17) is 0 Å². The molecule has 1 heterocycles. The van der Waals surface area contributed by atoms with E-state index in [1.54, 1.807) is 4.90 Å². The highest BCUT2D eigenvalue weighted by Crippen LogP contribution is 2.18. The molecule has 0 spiro atoms. The summed E-state index contributed by atoms with van der Waals surface area (Å²) >= 11 is 0. The normalized spacial score (nSPS) is 19.0. The Balaban J connectivity index is 2.78. The zero-order valence-electron chi connectivity index (χ0n) is 15.3. The smallest absolute Gasteiger partial charge is 0.341 e. The van der Waals surface area contributed by atoms with Crippen LogP contribution in [0.2, 0.25) is 0 Å². The van der Waals surface area contributed by atoms with Crippen molar-refractivity contribution in [3.63, 3.8) is 0 Å². The highest BCUT2D eigenvalue weighted by Gasteiger charge is 2.42. The number of halogens is 3. The van der Waals surface area contributed by atoms with Crippen LogP contribution in [-0.2, 0) is 14.4 Å². The molecule has 0 radical (unpaired) electrons. The number of hydrogen-bond acceptors (Lipinski definition) is 4. The molecular formula is C16H27F3N4O3. The number of amides is 3. The molecule has 0 aromatic rings. The number of alkyl halides is 3. The van der Waals surface area contributed by atoms with Gasteiger partial charge in [-0.05, 0) is 19.4 Å². The van der Waals surface area contributed by atoms with Crippen molar-refractivity contribution >= 4 is 17.7 Å². The van der Waals surface area contributed by atoms with Gasteiger partial charge in [-0.1, -0.05) is 0 Å². The summed E-state index contributed by atoms with van der Waals surface area (Å²) < 4.78 is 38.2. The molecule has 1 N–H and O–H groups in total. The van der Waals surface area contributed by atoms with Gasteiger partial charge in [0.1, 0.15) is 0 Å². The van der Waals surface area contributed by atoms with Crippen LogP contribution in [0.1, 0.15) is 26.7 Å². The van der Waals surface area contributed by atoms with Crippen molar-refractivity contribution in [2.45, 2.75) is 32.9 Å². The second-order valence-electron chi connectivity index (χ2n) is 6.26. The number of nitrogens with one attached hydrogen (secondary N) is 1. The van der Waals surface area contributed by atoms with Crippen LogP contribution in [0.25, 0.3) is 0 Å². The van der Waals surface area contributed by atoms with E-state index in [2.05, 4.69) is 5.32 Å². The third-order valence-electron chi connectivity index (χ3n) is 4.26. The lowest BCUT2D eigenvalue weighted by molar-refractivity contribution is -0.185. The van der Waals surface area contributed by atoms with Crippen LogP contribution in [0.5, 0.6) is 0 Å². The molecule has 1 saturated heterocycles. The van der Waals surface area contributed by atoms with Crippen LogP contribution in [0.3, 0.4) is 0 Å². The number of rotatable bonds is 0. The van der Waals surface area contributed by atoms with Crippen LogP contribution in [0.15, 0.2) is 0 Å². The molecule has 10 heteroatoms. The van der Waals surface area contributed by atoms with Gasteiger partial charge in [0.05, 0.1) is 0 Å². The van der Waals surface area contributed by atoms with E-state index in [-0.39, 0.29) is 44.4 Å².